The van der Waals surface area contributed by atoms with Crippen LogP contribution in [0, 0.1) is 0 Å². The van der Waals surface area contributed by atoms with Crippen molar-refractivity contribution in [1.82, 2.24) is 4.90 Å². The summed E-state index contributed by atoms with van der Waals surface area (Å²) in [7, 11) is 0. The standard InChI is InChI=1S/C12H13NO4/c14-10-8-17-7-6-13(10)11(12(15)16)9-4-2-1-3-5-9/h1-5,11H,6-8H2,(H,15,16). The summed E-state index contributed by atoms with van der Waals surface area (Å²) < 4.78 is 4.99. The van der Waals surface area contributed by atoms with Gasteiger partial charge in [-0.3, -0.25) is 4.79 Å². The molecule has 2 rings (SSSR count). The van der Waals surface area contributed by atoms with E-state index in [0.29, 0.717) is 18.7 Å². The summed E-state index contributed by atoms with van der Waals surface area (Å²) in [6.45, 7) is 0.643. The molecule has 1 amide bonds. The van der Waals surface area contributed by atoms with Gasteiger partial charge >= 0.3 is 5.97 Å². The summed E-state index contributed by atoms with van der Waals surface area (Å²) in [5, 5.41) is 9.26. The Bertz CT molecular complexity index is 418. The Morgan fingerprint density at radius 2 is 2.06 bits per heavy atom. The molecule has 0 aliphatic carbocycles. The van der Waals surface area contributed by atoms with Crippen LogP contribution in [0.3, 0.4) is 0 Å². The summed E-state index contributed by atoms with van der Waals surface area (Å²) in [5.41, 5.74) is 0.607. The van der Waals surface area contributed by atoms with E-state index in [0.717, 1.165) is 0 Å². The third-order valence-electron chi connectivity index (χ3n) is 2.68. The highest BCUT2D eigenvalue weighted by Gasteiger charge is 2.32. The molecule has 0 radical (unpaired) electrons. The normalized spacial score (nSPS) is 17.9. The number of aliphatic carboxylic acids is 1. The lowest BCUT2D eigenvalue weighted by Crippen LogP contribution is -2.46. The zero-order valence-corrected chi connectivity index (χ0v) is 9.20. The number of carbonyl (C=O) groups excluding carboxylic acids is 1. The Kier molecular flexibility index (Phi) is 3.39. The van der Waals surface area contributed by atoms with Crippen LogP contribution in [0.4, 0.5) is 0 Å². The highest BCUT2D eigenvalue weighted by Crippen LogP contribution is 2.22. The van der Waals surface area contributed by atoms with E-state index in [4.69, 9.17) is 4.74 Å². The van der Waals surface area contributed by atoms with Crippen molar-refractivity contribution in [1.29, 1.82) is 0 Å². The largest absolute Gasteiger partial charge is 0.479 e. The number of hydrogen-bond donors (Lipinski definition) is 1. The van der Waals surface area contributed by atoms with Crippen LogP contribution in [0.1, 0.15) is 11.6 Å². The van der Waals surface area contributed by atoms with Crippen molar-refractivity contribution in [2.75, 3.05) is 19.8 Å². The van der Waals surface area contributed by atoms with Gasteiger partial charge < -0.3 is 14.7 Å². The first-order chi connectivity index (χ1) is 8.20. The molecule has 1 aromatic carbocycles. The van der Waals surface area contributed by atoms with E-state index in [1.165, 1.54) is 4.90 Å². The Labute approximate surface area is 98.6 Å². The molecule has 5 heteroatoms. The maximum atomic E-state index is 11.7. The number of benzene rings is 1. The van der Waals surface area contributed by atoms with Gasteiger partial charge in [0.1, 0.15) is 6.61 Å². The van der Waals surface area contributed by atoms with Crippen LogP contribution >= 0.6 is 0 Å². The van der Waals surface area contributed by atoms with Gasteiger partial charge in [-0.15, -0.1) is 0 Å². The van der Waals surface area contributed by atoms with E-state index in [2.05, 4.69) is 0 Å². The second kappa shape index (κ2) is 4.97. The van der Waals surface area contributed by atoms with Gasteiger partial charge in [-0.05, 0) is 5.56 Å². The number of carboxylic acid groups (broad SMARTS) is 1. The molecule has 0 spiro atoms. The lowest BCUT2D eigenvalue weighted by molar-refractivity contribution is -0.157. The average Bonchev–Trinajstić information content (AvgIpc) is 2.33. The van der Waals surface area contributed by atoms with Gasteiger partial charge in [-0.1, -0.05) is 30.3 Å². The molecule has 0 aromatic heterocycles. The van der Waals surface area contributed by atoms with Gasteiger partial charge in [-0.25, -0.2) is 4.79 Å². The monoisotopic (exact) mass is 235 g/mol. The molecule has 0 saturated carbocycles. The Morgan fingerprint density at radius 1 is 1.35 bits per heavy atom. The van der Waals surface area contributed by atoms with Crippen LogP contribution in [0.15, 0.2) is 30.3 Å². The predicted molar refractivity (Wildman–Crippen MR) is 59.4 cm³/mol. The van der Waals surface area contributed by atoms with Crippen LogP contribution in [0.5, 0.6) is 0 Å². The fraction of sp³-hybridized carbons (Fsp3) is 0.333. The lowest BCUT2D eigenvalue weighted by atomic mass is 10.1. The van der Waals surface area contributed by atoms with Gasteiger partial charge in [0, 0.05) is 6.54 Å². The number of carbonyl (C=O) groups is 2. The van der Waals surface area contributed by atoms with Gasteiger partial charge in [0.25, 0.3) is 0 Å². The van der Waals surface area contributed by atoms with Crippen molar-refractivity contribution in [3.63, 3.8) is 0 Å². The van der Waals surface area contributed by atoms with Crippen LogP contribution in [-0.4, -0.2) is 41.6 Å². The smallest absolute Gasteiger partial charge is 0.331 e. The van der Waals surface area contributed by atoms with Crippen molar-refractivity contribution in [2.45, 2.75) is 6.04 Å². The lowest BCUT2D eigenvalue weighted by Gasteiger charge is -2.32. The van der Waals surface area contributed by atoms with Crippen molar-refractivity contribution in [3.05, 3.63) is 35.9 Å². The highest BCUT2D eigenvalue weighted by atomic mass is 16.5. The first kappa shape index (κ1) is 11.6. The summed E-state index contributed by atoms with van der Waals surface area (Å²) in [5.74, 6) is -1.31. The number of amides is 1. The Hall–Kier alpha value is -1.88. The van der Waals surface area contributed by atoms with E-state index in [1.54, 1.807) is 24.3 Å². The number of hydrogen-bond acceptors (Lipinski definition) is 3. The third-order valence-corrected chi connectivity index (χ3v) is 2.68. The summed E-state index contributed by atoms with van der Waals surface area (Å²) in [4.78, 5) is 24.3. The van der Waals surface area contributed by atoms with E-state index < -0.39 is 12.0 Å². The van der Waals surface area contributed by atoms with Crippen molar-refractivity contribution < 1.29 is 19.4 Å². The van der Waals surface area contributed by atoms with Crippen molar-refractivity contribution in [2.24, 2.45) is 0 Å². The van der Waals surface area contributed by atoms with Crippen LogP contribution in [0.2, 0.25) is 0 Å². The first-order valence-corrected chi connectivity index (χ1v) is 5.35. The first-order valence-electron chi connectivity index (χ1n) is 5.35. The fourth-order valence-electron chi connectivity index (χ4n) is 1.89. The second-order valence-corrected chi connectivity index (χ2v) is 3.79. The third kappa shape index (κ3) is 2.45. The minimum atomic E-state index is -1.02. The number of carboxylic acids is 1. The Morgan fingerprint density at radius 3 is 2.65 bits per heavy atom. The summed E-state index contributed by atoms with van der Waals surface area (Å²) in [6.07, 6.45) is 0. The number of nitrogens with zero attached hydrogens (tertiary/aromatic N) is 1. The van der Waals surface area contributed by atoms with Crippen molar-refractivity contribution in [3.8, 4) is 0 Å². The zero-order valence-electron chi connectivity index (χ0n) is 9.20. The predicted octanol–water partition coefficient (Wildman–Crippen LogP) is 0.671. The number of rotatable bonds is 3. The molecule has 5 nitrogen and oxygen atoms in total. The molecule has 1 aliphatic heterocycles. The number of ether oxygens (including phenoxy) is 1. The summed E-state index contributed by atoms with van der Waals surface area (Å²) in [6, 6.07) is 7.83. The molecule has 1 atom stereocenters. The molecule has 1 aliphatic rings. The molecule has 17 heavy (non-hydrogen) atoms. The second-order valence-electron chi connectivity index (χ2n) is 3.79. The van der Waals surface area contributed by atoms with E-state index >= 15 is 0 Å². The quantitative estimate of drug-likeness (QED) is 0.836. The Balaban J connectivity index is 2.29. The maximum absolute atomic E-state index is 11.7. The van der Waals surface area contributed by atoms with E-state index in [-0.39, 0.29) is 12.5 Å². The van der Waals surface area contributed by atoms with Gasteiger partial charge in [0.05, 0.1) is 6.61 Å². The van der Waals surface area contributed by atoms with Crippen LogP contribution < -0.4 is 0 Å². The average molecular weight is 235 g/mol. The molecule has 0 bridgehead atoms. The molecular formula is C12H13NO4. The van der Waals surface area contributed by atoms with Gasteiger partial charge in [-0.2, -0.15) is 0 Å². The molecule has 1 heterocycles. The molecule has 1 N–H and O–H groups in total. The molecule has 1 saturated heterocycles. The molecule has 1 unspecified atom stereocenters. The molecule has 1 fully saturated rings. The molecule has 1 aromatic rings. The van der Waals surface area contributed by atoms with E-state index in [1.807, 2.05) is 6.07 Å². The summed E-state index contributed by atoms with van der Waals surface area (Å²) >= 11 is 0. The fourth-order valence-corrected chi connectivity index (χ4v) is 1.89. The maximum Gasteiger partial charge on any atom is 0.331 e. The molecular weight excluding hydrogens is 222 g/mol. The highest BCUT2D eigenvalue weighted by molar-refractivity contribution is 5.85. The van der Waals surface area contributed by atoms with Gasteiger partial charge in [0.15, 0.2) is 6.04 Å². The molecule has 90 valence electrons. The van der Waals surface area contributed by atoms with Crippen molar-refractivity contribution >= 4 is 11.9 Å². The minimum absolute atomic E-state index is 0.0450. The van der Waals surface area contributed by atoms with Crippen LogP contribution in [-0.2, 0) is 14.3 Å². The van der Waals surface area contributed by atoms with E-state index in [9.17, 15) is 14.7 Å². The topological polar surface area (TPSA) is 66.8 Å². The minimum Gasteiger partial charge on any atom is -0.479 e. The SMILES string of the molecule is O=C(O)C(c1ccccc1)N1CCOCC1=O. The zero-order chi connectivity index (χ0) is 12.3. The van der Waals surface area contributed by atoms with Crippen LogP contribution in [0.25, 0.3) is 0 Å². The van der Waals surface area contributed by atoms with Gasteiger partial charge in [0.2, 0.25) is 5.91 Å². The number of morpholine rings is 1.